The van der Waals surface area contributed by atoms with E-state index in [1.54, 1.807) is 17.0 Å². The van der Waals surface area contributed by atoms with Crippen molar-refractivity contribution in [3.8, 4) is 0 Å². The van der Waals surface area contributed by atoms with E-state index in [9.17, 15) is 4.39 Å². The Kier molecular flexibility index (Phi) is 7.21. The van der Waals surface area contributed by atoms with E-state index in [0.717, 1.165) is 18.1 Å². The number of rotatable bonds is 5. The summed E-state index contributed by atoms with van der Waals surface area (Å²) in [5.74, 6) is 0.606. The summed E-state index contributed by atoms with van der Waals surface area (Å²) in [5.41, 5.74) is 1.47. The Morgan fingerprint density at radius 3 is 2.62 bits per heavy atom. The van der Waals surface area contributed by atoms with Crippen molar-refractivity contribution in [2.45, 2.75) is 32.4 Å². The molecule has 118 valence electrons. The monoisotopic (exact) mass is 406 g/mol. The summed E-state index contributed by atoms with van der Waals surface area (Å²) in [7, 11) is 3.66. The van der Waals surface area contributed by atoms with Gasteiger partial charge in [0.25, 0.3) is 0 Å². The number of benzene rings is 1. The smallest absolute Gasteiger partial charge is 0.191 e. The molecule has 0 aliphatic heterocycles. The summed E-state index contributed by atoms with van der Waals surface area (Å²) >= 11 is 0. The van der Waals surface area contributed by atoms with Crippen molar-refractivity contribution >= 4 is 35.6 Å². The second-order valence-electron chi connectivity index (χ2n) is 5.29. The van der Waals surface area contributed by atoms with Gasteiger partial charge in [0.1, 0.15) is 5.82 Å². The number of aliphatic imine (C=N–C) groups is 1. The molecule has 4 nitrogen and oxygen atoms in total. The second-order valence-corrected chi connectivity index (χ2v) is 5.29. The molecule has 6 heteroatoms. The zero-order valence-electron chi connectivity index (χ0n) is 12.8. The third kappa shape index (κ3) is 5.68. The first kappa shape index (κ1) is 18.0. The maximum absolute atomic E-state index is 13.9. The maximum Gasteiger partial charge on any atom is 0.191 e. The fourth-order valence-electron chi connectivity index (χ4n) is 1.92. The quantitative estimate of drug-likeness (QED) is 0.449. The molecule has 0 atom stereocenters. The molecule has 0 amide bonds. The molecule has 2 rings (SSSR count). The Hall–Kier alpha value is -1.05. The summed E-state index contributed by atoms with van der Waals surface area (Å²) in [4.78, 5) is 6.26. The van der Waals surface area contributed by atoms with Crippen molar-refractivity contribution in [3.05, 3.63) is 29.6 Å². The van der Waals surface area contributed by atoms with Gasteiger partial charge < -0.3 is 15.5 Å². The molecule has 1 saturated carbocycles. The predicted molar refractivity (Wildman–Crippen MR) is 97.1 cm³/mol. The van der Waals surface area contributed by atoms with E-state index in [-0.39, 0.29) is 29.8 Å². The molecule has 2 N–H and O–H groups in total. The first-order chi connectivity index (χ1) is 9.60. The van der Waals surface area contributed by atoms with Crippen LogP contribution in [0.2, 0.25) is 0 Å². The van der Waals surface area contributed by atoms with Crippen LogP contribution >= 0.6 is 24.0 Å². The summed E-state index contributed by atoms with van der Waals surface area (Å²) in [6.45, 7) is 3.34. The molecule has 1 fully saturated rings. The fraction of sp³-hybridized carbons (Fsp3) is 0.533. The molecule has 0 aromatic heterocycles. The molecule has 0 spiro atoms. The summed E-state index contributed by atoms with van der Waals surface area (Å²) in [5, 5.41) is 6.55. The molecule has 0 heterocycles. The van der Waals surface area contributed by atoms with E-state index in [1.807, 2.05) is 27.1 Å². The molecule has 0 radical (unpaired) electrons. The lowest BCUT2D eigenvalue weighted by molar-refractivity contribution is 0.624. The van der Waals surface area contributed by atoms with E-state index >= 15 is 0 Å². The molecular weight excluding hydrogens is 382 g/mol. The van der Waals surface area contributed by atoms with Crippen LogP contribution in [-0.4, -0.2) is 32.6 Å². The minimum Gasteiger partial charge on any atom is -0.375 e. The number of anilines is 1. The molecule has 1 aromatic rings. The van der Waals surface area contributed by atoms with Gasteiger partial charge in [-0.15, -0.1) is 24.0 Å². The minimum absolute atomic E-state index is 0. The zero-order chi connectivity index (χ0) is 14.5. The highest BCUT2D eigenvalue weighted by atomic mass is 127. The van der Waals surface area contributed by atoms with Crippen molar-refractivity contribution in [1.29, 1.82) is 0 Å². The first-order valence-corrected chi connectivity index (χ1v) is 7.10. The highest BCUT2D eigenvalue weighted by molar-refractivity contribution is 14.0. The van der Waals surface area contributed by atoms with Gasteiger partial charge in [0, 0.05) is 26.7 Å². The van der Waals surface area contributed by atoms with Gasteiger partial charge in [0.05, 0.1) is 12.2 Å². The standard InChI is InChI=1S/C15H23FN4.HI/c1-4-17-15(19-12-6-7-12)18-10-11-5-8-14(20(2)3)13(16)9-11;/h5,8-9,12H,4,6-7,10H2,1-3H3,(H2,17,18,19);1H. The van der Waals surface area contributed by atoms with Crippen LogP contribution in [0.25, 0.3) is 0 Å². The Balaban J connectivity index is 0.00000220. The van der Waals surface area contributed by atoms with Gasteiger partial charge >= 0.3 is 0 Å². The number of nitrogens with one attached hydrogen (secondary N) is 2. The summed E-state index contributed by atoms with van der Waals surface area (Å²) in [6, 6.07) is 5.82. The van der Waals surface area contributed by atoms with Crippen LogP contribution < -0.4 is 15.5 Å². The topological polar surface area (TPSA) is 39.7 Å². The summed E-state index contributed by atoms with van der Waals surface area (Å²) < 4.78 is 13.9. The van der Waals surface area contributed by atoms with Crippen molar-refractivity contribution in [3.63, 3.8) is 0 Å². The van der Waals surface area contributed by atoms with Gasteiger partial charge in [0.2, 0.25) is 0 Å². The minimum atomic E-state index is -0.206. The van der Waals surface area contributed by atoms with Crippen molar-refractivity contribution in [2.75, 3.05) is 25.5 Å². The Labute approximate surface area is 143 Å². The van der Waals surface area contributed by atoms with E-state index in [4.69, 9.17) is 0 Å². The van der Waals surface area contributed by atoms with E-state index < -0.39 is 0 Å². The highest BCUT2D eigenvalue weighted by Crippen LogP contribution is 2.19. The lowest BCUT2D eigenvalue weighted by atomic mass is 10.2. The van der Waals surface area contributed by atoms with Crippen LogP contribution in [0.15, 0.2) is 23.2 Å². The number of guanidine groups is 1. The van der Waals surface area contributed by atoms with Gasteiger partial charge in [-0.3, -0.25) is 0 Å². The molecule has 1 aliphatic carbocycles. The van der Waals surface area contributed by atoms with Crippen LogP contribution in [0.3, 0.4) is 0 Å². The number of halogens is 2. The van der Waals surface area contributed by atoms with Crippen LogP contribution in [0.5, 0.6) is 0 Å². The normalized spacial score (nSPS) is 14.4. The molecule has 0 bridgehead atoms. The Morgan fingerprint density at radius 1 is 1.38 bits per heavy atom. The van der Waals surface area contributed by atoms with Gasteiger partial charge in [-0.05, 0) is 37.5 Å². The summed E-state index contributed by atoms with van der Waals surface area (Å²) in [6.07, 6.45) is 2.41. The number of hydrogen-bond acceptors (Lipinski definition) is 2. The van der Waals surface area contributed by atoms with Crippen molar-refractivity contribution in [2.24, 2.45) is 4.99 Å². The second kappa shape index (κ2) is 8.41. The Bertz CT molecular complexity index is 487. The molecule has 1 aliphatic rings. The van der Waals surface area contributed by atoms with E-state index in [2.05, 4.69) is 15.6 Å². The molecule has 0 saturated heterocycles. The first-order valence-electron chi connectivity index (χ1n) is 7.10. The Morgan fingerprint density at radius 2 is 2.10 bits per heavy atom. The largest absolute Gasteiger partial charge is 0.375 e. The van der Waals surface area contributed by atoms with Crippen molar-refractivity contribution < 1.29 is 4.39 Å². The SMILES string of the molecule is CCNC(=NCc1ccc(N(C)C)c(F)c1)NC1CC1.I. The van der Waals surface area contributed by atoms with Crippen LogP contribution in [0, 0.1) is 5.82 Å². The average Bonchev–Trinajstić information content (AvgIpc) is 3.20. The van der Waals surface area contributed by atoms with Crippen LogP contribution in [0.4, 0.5) is 10.1 Å². The zero-order valence-corrected chi connectivity index (χ0v) is 15.1. The number of hydrogen-bond donors (Lipinski definition) is 2. The fourth-order valence-corrected chi connectivity index (χ4v) is 1.92. The van der Waals surface area contributed by atoms with Crippen LogP contribution in [0.1, 0.15) is 25.3 Å². The lowest BCUT2D eigenvalue weighted by Gasteiger charge is -2.14. The van der Waals surface area contributed by atoms with Gasteiger partial charge in [-0.2, -0.15) is 0 Å². The molecule has 21 heavy (non-hydrogen) atoms. The van der Waals surface area contributed by atoms with Gasteiger partial charge in [-0.1, -0.05) is 6.07 Å². The molecule has 0 unspecified atom stereocenters. The van der Waals surface area contributed by atoms with Gasteiger partial charge in [0.15, 0.2) is 5.96 Å². The van der Waals surface area contributed by atoms with E-state index in [0.29, 0.717) is 18.3 Å². The highest BCUT2D eigenvalue weighted by Gasteiger charge is 2.22. The molecule has 1 aromatic carbocycles. The predicted octanol–water partition coefficient (Wildman–Crippen LogP) is 2.73. The van der Waals surface area contributed by atoms with Crippen molar-refractivity contribution in [1.82, 2.24) is 10.6 Å². The average molecular weight is 406 g/mol. The van der Waals surface area contributed by atoms with Gasteiger partial charge in [-0.25, -0.2) is 9.38 Å². The third-order valence-electron chi connectivity index (χ3n) is 3.18. The number of nitrogens with zero attached hydrogens (tertiary/aromatic N) is 2. The maximum atomic E-state index is 13.9. The van der Waals surface area contributed by atoms with Crippen LogP contribution in [-0.2, 0) is 6.54 Å². The third-order valence-corrected chi connectivity index (χ3v) is 3.18. The molecular formula is C15H24FIN4. The lowest BCUT2D eigenvalue weighted by Crippen LogP contribution is -2.38. The van der Waals surface area contributed by atoms with E-state index in [1.165, 1.54) is 12.8 Å².